The minimum absolute atomic E-state index is 0.0799. The van der Waals surface area contributed by atoms with Crippen molar-refractivity contribution in [2.24, 2.45) is 0 Å². The predicted molar refractivity (Wildman–Crippen MR) is 60.1 cm³/mol. The fourth-order valence-corrected chi connectivity index (χ4v) is 1.70. The molecule has 0 spiro atoms. The van der Waals surface area contributed by atoms with Crippen LogP contribution in [0.1, 0.15) is 24.6 Å². The Morgan fingerprint density at radius 3 is 2.69 bits per heavy atom. The number of aromatic nitrogens is 3. The van der Waals surface area contributed by atoms with Gasteiger partial charge in [0.15, 0.2) is 0 Å². The maximum Gasteiger partial charge on any atom is 0.251 e. The second kappa shape index (κ2) is 3.56. The van der Waals surface area contributed by atoms with Crippen molar-refractivity contribution in [2.75, 3.05) is 0 Å². The van der Waals surface area contributed by atoms with Gasteiger partial charge >= 0.3 is 0 Å². The second-order valence-electron chi connectivity index (χ2n) is 4.03. The first kappa shape index (κ1) is 9.27. The first-order valence-corrected chi connectivity index (χ1v) is 5.34. The zero-order valence-corrected chi connectivity index (χ0v) is 8.68. The standard InChI is InChI=1S/C12H11N3O/c16-11-7-10(8-3-5-13-6-4-8)14-12(15-11)9-1-2-9/h3-7,9H,1-2H2,(H,14,15,16). The average molecular weight is 213 g/mol. The Balaban J connectivity index is 2.10. The molecule has 0 atom stereocenters. The molecule has 4 heteroatoms. The van der Waals surface area contributed by atoms with E-state index in [1.165, 1.54) is 6.07 Å². The van der Waals surface area contributed by atoms with Gasteiger partial charge in [-0.1, -0.05) is 0 Å². The van der Waals surface area contributed by atoms with Gasteiger partial charge < -0.3 is 4.98 Å². The summed E-state index contributed by atoms with van der Waals surface area (Å²) < 4.78 is 0. The van der Waals surface area contributed by atoms with Gasteiger partial charge in [-0.25, -0.2) is 4.98 Å². The van der Waals surface area contributed by atoms with Gasteiger partial charge in [0.2, 0.25) is 0 Å². The second-order valence-corrected chi connectivity index (χ2v) is 4.03. The van der Waals surface area contributed by atoms with Crippen LogP contribution >= 0.6 is 0 Å². The van der Waals surface area contributed by atoms with Crippen LogP contribution < -0.4 is 5.56 Å². The summed E-state index contributed by atoms with van der Waals surface area (Å²) in [7, 11) is 0. The zero-order valence-electron chi connectivity index (χ0n) is 8.68. The molecule has 16 heavy (non-hydrogen) atoms. The van der Waals surface area contributed by atoms with Crippen LogP contribution in [0, 0.1) is 0 Å². The summed E-state index contributed by atoms with van der Waals surface area (Å²) in [4.78, 5) is 22.7. The smallest absolute Gasteiger partial charge is 0.251 e. The van der Waals surface area contributed by atoms with Crippen molar-refractivity contribution in [2.45, 2.75) is 18.8 Å². The van der Waals surface area contributed by atoms with E-state index in [1.807, 2.05) is 12.1 Å². The van der Waals surface area contributed by atoms with Crippen LogP contribution in [-0.4, -0.2) is 15.0 Å². The Morgan fingerprint density at radius 1 is 1.25 bits per heavy atom. The van der Waals surface area contributed by atoms with Crippen molar-refractivity contribution in [1.29, 1.82) is 0 Å². The number of pyridine rings is 1. The lowest BCUT2D eigenvalue weighted by Gasteiger charge is -2.02. The molecule has 1 aliphatic rings. The van der Waals surface area contributed by atoms with E-state index in [0.717, 1.165) is 29.9 Å². The number of H-pyrrole nitrogens is 1. The Hall–Kier alpha value is -1.97. The van der Waals surface area contributed by atoms with Gasteiger partial charge in [0, 0.05) is 29.9 Å². The molecule has 0 saturated heterocycles. The van der Waals surface area contributed by atoms with Gasteiger partial charge in [-0.2, -0.15) is 0 Å². The topological polar surface area (TPSA) is 58.6 Å². The molecule has 80 valence electrons. The van der Waals surface area contributed by atoms with E-state index in [-0.39, 0.29) is 5.56 Å². The Bertz CT molecular complexity index is 558. The van der Waals surface area contributed by atoms with Crippen LogP contribution in [0.3, 0.4) is 0 Å². The fraction of sp³-hybridized carbons (Fsp3) is 0.250. The number of nitrogens with zero attached hydrogens (tertiary/aromatic N) is 2. The Labute approximate surface area is 92.4 Å². The van der Waals surface area contributed by atoms with Crippen LogP contribution in [0.15, 0.2) is 35.4 Å². The molecule has 1 saturated carbocycles. The molecule has 1 N–H and O–H groups in total. The number of aromatic amines is 1. The van der Waals surface area contributed by atoms with Crippen LogP contribution in [0.2, 0.25) is 0 Å². The summed E-state index contributed by atoms with van der Waals surface area (Å²) in [6.07, 6.45) is 5.66. The van der Waals surface area contributed by atoms with E-state index in [0.29, 0.717) is 5.92 Å². The summed E-state index contributed by atoms with van der Waals surface area (Å²) in [6.45, 7) is 0. The molecule has 1 fully saturated rings. The minimum Gasteiger partial charge on any atom is -0.310 e. The first-order valence-electron chi connectivity index (χ1n) is 5.34. The maximum absolute atomic E-state index is 11.5. The van der Waals surface area contributed by atoms with E-state index in [9.17, 15) is 4.79 Å². The summed E-state index contributed by atoms with van der Waals surface area (Å²) in [5, 5.41) is 0. The number of hydrogen-bond acceptors (Lipinski definition) is 3. The van der Waals surface area contributed by atoms with Gasteiger partial charge in [0.05, 0.1) is 5.69 Å². The van der Waals surface area contributed by atoms with Crippen LogP contribution in [0.5, 0.6) is 0 Å². The third-order valence-electron chi connectivity index (χ3n) is 2.70. The number of hydrogen-bond donors (Lipinski definition) is 1. The highest BCUT2D eigenvalue weighted by Crippen LogP contribution is 2.37. The molecule has 0 aromatic carbocycles. The van der Waals surface area contributed by atoms with Gasteiger partial charge in [-0.15, -0.1) is 0 Å². The number of rotatable bonds is 2. The molecule has 0 bridgehead atoms. The molecular formula is C12H11N3O. The normalized spacial score (nSPS) is 15.0. The van der Waals surface area contributed by atoms with E-state index >= 15 is 0 Å². The lowest BCUT2D eigenvalue weighted by atomic mass is 10.2. The predicted octanol–water partition coefficient (Wildman–Crippen LogP) is 1.71. The zero-order chi connectivity index (χ0) is 11.0. The van der Waals surface area contributed by atoms with Crippen molar-refractivity contribution in [3.63, 3.8) is 0 Å². The molecule has 0 unspecified atom stereocenters. The molecule has 2 heterocycles. The quantitative estimate of drug-likeness (QED) is 0.826. The summed E-state index contributed by atoms with van der Waals surface area (Å²) in [5.74, 6) is 1.27. The SMILES string of the molecule is O=c1cc(-c2ccncc2)nc(C2CC2)[nH]1. The van der Waals surface area contributed by atoms with Gasteiger partial charge in [-0.05, 0) is 25.0 Å². The van der Waals surface area contributed by atoms with Crippen molar-refractivity contribution < 1.29 is 0 Å². The molecular weight excluding hydrogens is 202 g/mol. The van der Waals surface area contributed by atoms with E-state index in [4.69, 9.17) is 0 Å². The molecule has 3 rings (SSSR count). The third-order valence-corrected chi connectivity index (χ3v) is 2.70. The minimum atomic E-state index is -0.0799. The van der Waals surface area contributed by atoms with Crippen molar-refractivity contribution in [1.82, 2.24) is 15.0 Å². The van der Waals surface area contributed by atoms with Crippen molar-refractivity contribution in [3.8, 4) is 11.3 Å². The monoisotopic (exact) mass is 213 g/mol. The van der Waals surface area contributed by atoms with Gasteiger partial charge in [0.1, 0.15) is 5.82 Å². The Kier molecular flexibility index (Phi) is 2.06. The van der Waals surface area contributed by atoms with Gasteiger partial charge in [-0.3, -0.25) is 9.78 Å². The first-order chi connectivity index (χ1) is 7.83. The molecule has 2 aromatic heterocycles. The van der Waals surface area contributed by atoms with Crippen LogP contribution in [0.4, 0.5) is 0 Å². The largest absolute Gasteiger partial charge is 0.310 e. The molecule has 4 nitrogen and oxygen atoms in total. The molecule has 2 aromatic rings. The molecule has 0 aliphatic heterocycles. The Morgan fingerprint density at radius 2 is 2.00 bits per heavy atom. The molecule has 0 radical (unpaired) electrons. The van der Waals surface area contributed by atoms with Gasteiger partial charge in [0.25, 0.3) is 5.56 Å². The lowest BCUT2D eigenvalue weighted by Crippen LogP contribution is -2.10. The van der Waals surface area contributed by atoms with E-state index in [2.05, 4.69) is 15.0 Å². The third kappa shape index (κ3) is 1.74. The lowest BCUT2D eigenvalue weighted by molar-refractivity contribution is 0.912. The summed E-state index contributed by atoms with van der Waals surface area (Å²) >= 11 is 0. The van der Waals surface area contributed by atoms with E-state index in [1.54, 1.807) is 12.4 Å². The average Bonchev–Trinajstić information content (AvgIpc) is 3.13. The van der Waals surface area contributed by atoms with E-state index < -0.39 is 0 Å². The highest BCUT2D eigenvalue weighted by atomic mass is 16.1. The highest BCUT2D eigenvalue weighted by Gasteiger charge is 2.26. The fourth-order valence-electron chi connectivity index (χ4n) is 1.70. The van der Waals surface area contributed by atoms with Crippen LogP contribution in [-0.2, 0) is 0 Å². The van der Waals surface area contributed by atoms with Crippen molar-refractivity contribution >= 4 is 0 Å². The molecule has 0 amide bonds. The highest BCUT2D eigenvalue weighted by molar-refractivity contribution is 5.57. The summed E-state index contributed by atoms with van der Waals surface area (Å²) in [6, 6.07) is 5.25. The maximum atomic E-state index is 11.5. The molecule has 1 aliphatic carbocycles. The van der Waals surface area contributed by atoms with Crippen LogP contribution in [0.25, 0.3) is 11.3 Å². The van der Waals surface area contributed by atoms with Crippen molar-refractivity contribution in [3.05, 3.63) is 46.8 Å². The number of nitrogens with one attached hydrogen (secondary N) is 1. The summed E-state index contributed by atoms with van der Waals surface area (Å²) in [5.41, 5.74) is 1.58.